The molecule has 94 valence electrons. The molecule has 1 N–H and O–H groups in total. The second-order valence-corrected chi connectivity index (χ2v) is 3.40. The van der Waals surface area contributed by atoms with Crippen molar-refractivity contribution < 1.29 is 9.66 Å². The fraction of sp³-hybridized carbons (Fsp3) is 0.364. The van der Waals surface area contributed by atoms with Gasteiger partial charge in [-0.2, -0.15) is 0 Å². The van der Waals surface area contributed by atoms with Crippen molar-refractivity contribution in [1.82, 2.24) is 0 Å². The van der Waals surface area contributed by atoms with Crippen molar-refractivity contribution in [2.45, 2.75) is 19.3 Å². The normalized spacial score (nSPS) is 9.24. The molecule has 0 bridgehead atoms. The highest BCUT2D eigenvalue weighted by atomic mass is 35.5. The number of rotatable bonds is 5. The smallest absolute Gasteiger partial charge is 0.269 e. The summed E-state index contributed by atoms with van der Waals surface area (Å²) in [6.45, 7) is 0. The van der Waals surface area contributed by atoms with Gasteiger partial charge >= 0.3 is 0 Å². The zero-order valence-corrected chi connectivity index (χ0v) is 10.3. The Labute approximate surface area is 106 Å². The first-order valence-corrected chi connectivity index (χ1v) is 4.98. The Morgan fingerprint density at radius 3 is 2.47 bits per heavy atom. The predicted molar refractivity (Wildman–Crippen MR) is 68.0 cm³/mol. The van der Waals surface area contributed by atoms with Crippen LogP contribution in [0.3, 0.4) is 0 Å². The molecular weight excluding hydrogens is 244 g/mol. The van der Waals surface area contributed by atoms with E-state index in [4.69, 9.17) is 10.1 Å². The summed E-state index contributed by atoms with van der Waals surface area (Å²) in [7, 11) is 1.48. The van der Waals surface area contributed by atoms with Gasteiger partial charge in [0.2, 0.25) is 0 Å². The van der Waals surface area contributed by atoms with E-state index in [2.05, 4.69) is 0 Å². The van der Waals surface area contributed by atoms with Gasteiger partial charge in [-0.3, -0.25) is 15.5 Å². The van der Waals surface area contributed by atoms with Gasteiger partial charge < -0.3 is 4.74 Å². The first kappa shape index (κ1) is 15.4. The second kappa shape index (κ2) is 7.62. The highest BCUT2D eigenvalue weighted by molar-refractivity contribution is 5.85. The van der Waals surface area contributed by atoms with E-state index in [9.17, 15) is 10.1 Å². The monoisotopic (exact) mass is 258 g/mol. The summed E-state index contributed by atoms with van der Waals surface area (Å²) < 4.78 is 4.73. The highest BCUT2D eigenvalue weighted by Gasteiger charge is 2.04. The van der Waals surface area contributed by atoms with Crippen molar-refractivity contribution in [3.8, 4) is 0 Å². The van der Waals surface area contributed by atoms with Gasteiger partial charge in [-0.15, -0.1) is 12.4 Å². The van der Waals surface area contributed by atoms with Gasteiger partial charge in [-0.1, -0.05) is 12.1 Å². The Morgan fingerprint density at radius 2 is 2.00 bits per heavy atom. The maximum absolute atomic E-state index is 10.4. The summed E-state index contributed by atoms with van der Waals surface area (Å²) in [5, 5.41) is 17.7. The highest BCUT2D eigenvalue weighted by Crippen LogP contribution is 2.13. The Morgan fingerprint density at radius 1 is 1.41 bits per heavy atom. The molecule has 0 aliphatic rings. The third kappa shape index (κ3) is 5.31. The summed E-state index contributed by atoms with van der Waals surface area (Å²) in [6, 6.07) is 6.48. The largest absolute Gasteiger partial charge is 0.484 e. The van der Waals surface area contributed by atoms with Gasteiger partial charge in [0.15, 0.2) is 5.90 Å². The number of ether oxygens (including phenoxy) is 1. The van der Waals surface area contributed by atoms with Crippen LogP contribution in [0.1, 0.15) is 18.4 Å². The molecule has 0 atom stereocenters. The molecule has 0 spiro atoms. The van der Waals surface area contributed by atoms with Crippen LogP contribution in [-0.2, 0) is 11.2 Å². The van der Waals surface area contributed by atoms with Crippen LogP contribution in [0, 0.1) is 15.5 Å². The number of hydrogen-bond acceptors (Lipinski definition) is 4. The Hall–Kier alpha value is -1.62. The van der Waals surface area contributed by atoms with E-state index in [1.807, 2.05) is 0 Å². The number of nitro benzene ring substituents is 1. The molecule has 0 fully saturated rings. The molecule has 0 amide bonds. The third-order valence-corrected chi connectivity index (χ3v) is 2.26. The lowest BCUT2D eigenvalue weighted by Gasteiger charge is -2.02. The first-order chi connectivity index (χ1) is 7.63. The molecule has 17 heavy (non-hydrogen) atoms. The first-order valence-electron chi connectivity index (χ1n) is 4.98. The van der Waals surface area contributed by atoms with Gasteiger partial charge in [-0.25, -0.2) is 0 Å². The Bertz CT molecular complexity index is 379. The molecule has 0 aliphatic carbocycles. The van der Waals surface area contributed by atoms with E-state index < -0.39 is 4.92 Å². The number of hydrogen-bond donors (Lipinski definition) is 1. The van der Waals surface area contributed by atoms with Crippen molar-refractivity contribution in [2.24, 2.45) is 0 Å². The maximum atomic E-state index is 10.4. The molecule has 0 aromatic heterocycles. The number of nitro groups is 1. The summed E-state index contributed by atoms with van der Waals surface area (Å²) in [5.41, 5.74) is 1.14. The molecule has 5 nitrogen and oxygen atoms in total. The van der Waals surface area contributed by atoms with Gasteiger partial charge in [0, 0.05) is 18.6 Å². The number of nitrogens with zero attached hydrogens (tertiary/aromatic N) is 1. The molecule has 6 heteroatoms. The molecule has 1 aromatic rings. The minimum Gasteiger partial charge on any atom is -0.484 e. The maximum Gasteiger partial charge on any atom is 0.269 e. The average molecular weight is 259 g/mol. The van der Waals surface area contributed by atoms with Gasteiger partial charge in [0.25, 0.3) is 5.69 Å². The Kier molecular flexibility index (Phi) is 6.89. The lowest BCUT2D eigenvalue weighted by molar-refractivity contribution is -0.384. The minimum atomic E-state index is -0.412. The van der Waals surface area contributed by atoms with E-state index in [1.165, 1.54) is 19.2 Å². The number of halogens is 1. The lowest BCUT2D eigenvalue weighted by Crippen LogP contribution is -1.99. The summed E-state index contributed by atoms with van der Waals surface area (Å²) in [5.74, 6) is 0.266. The molecule has 0 heterocycles. The van der Waals surface area contributed by atoms with E-state index in [1.54, 1.807) is 12.1 Å². The molecular formula is C11H15ClN2O3. The molecule has 1 aromatic carbocycles. The van der Waals surface area contributed by atoms with Crippen LogP contribution in [0.4, 0.5) is 5.69 Å². The van der Waals surface area contributed by atoms with E-state index in [0.29, 0.717) is 6.42 Å². The zero-order valence-electron chi connectivity index (χ0n) is 9.51. The van der Waals surface area contributed by atoms with Crippen molar-refractivity contribution >= 4 is 24.0 Å². The van der Waals surface area contributed by atoms with Gasteiger partial charge in [-0.05, 0) is 18.4 Å². The summed E-state index contributed by atoms with van der Waals surface area (Å²) in [4.78, 5) is 10.0. The standard InChI is InChI=1S/C11H14N2O3.ClH/c1-16-11(12)4-2-3-9-5-7-10(8-6-9)13(14)15;/h5-8,12H,2-4H2,1H3;1H. The van der Waals surface area contributed by atoms with Crippen molar-refractivity contribution in [2.75, 3.05) is 7.11 Å². The van der Waals surface area contributed by atoms with Crippen LogP contribution < -0.4 is 0 Å². The second-order valence-electron chi connectivity index (χ2n) is 3.40. The quantitative estimate of drug-likeness (QED) is 0.382. The fourth-order valence-electron chi connectivity index (χ4n) is 1.34. The number of nitrogens with one attached hydrogen (secondary N) is 1. The van der Waals surface area contributed by atoms with Crippen LogP contribution in [0.2, 0.25) is 0 Å². The Balaban J connectivity index is 0.00000256. The number of non-ortho nitro benzene ring substituents is 1. The van der Waals surface area contributed by atoms with Gasteiger partial charge in [0.05, 0.1) is 12.0 Å². The molecule has 0 saturated heterocycles. The fourth-order valence-corrected chi connectivity index (χ4v) is 1.34. The van der Waals surface area contributed by atoms with Crippen molar-refractivity contribution in [3.63, 3.8) is 0 Å². The van der Waals surface area contributed by atoms with Crippen LogP contribution in [0.25, 0.3) is 0 Å². The van der Waals surface area contributed by atoms with E-state index >= 15 is 0 Å². The van der Waals surface area contributed by atoms with Crippen LogP contribution in [0.5, 0.6) is 0 Å². The zero-order chi connectivity index (χ0) is 12.0. The topological polar surface area (TPSA) is 76.2 Å². The van der Waals surface area contributed by atoms with Crippen molar-refractivity contribution in [1.29, 1.82) is 5.41 Å². The van der Waals surface area contributed by atoms with Crippen molar-refractivity contribution in [3.05, 3.63) is 39.9 Å². The summed E-state index contributed by atoms with van der Waals surface area (Å²) in [6.07, 6.45) is 2.20. The van der Waals surface area contributed by atoms with Gasteiger partial charge in [0.1, 0.15) is 0 Å². The molecule has 0 aliphatic heterocycles. The molecule has 1 rings (SSSR count). The van der Waals surface area contributed by atoms with Crippen LogP contribution in [0.15, 0.2) is 24.3 Å². The third-order valence-electron chi connectivity index (χ3n) is 2.26. The van der Waals surface area contributed by atoms with E-state index in [-0.39, 0.29) is 24.0 Å². The lowest BCUT2D eigenvalue weighted by atomic mass is 10.1. The number of methoxy groups -OCH3 is 1. The molecule has 0 radical (unpaired) electrons. The van der Waals surface area contributed by atoms with E-state index in [0.717, 1.165) is 18.4 Å². The summed E-state index contributed by atoms with van der Waals surface area (Å²) >= 11 is 0. The number of aryl methyl sites for hydroxylation is 1. The predicted octanol–water partition coefficient (Wildman–Crippen LogP) is 2.96. The minimum absolute atomic E-state index is 0. The SMILES string of the molecule is COC(=N)CCCc1ccc([N+](=O)[O-])cc1.Cl. The molecule has 0 unspecified atom stereocenters. The molecule has 0 saturated carbocycles. The average Bonchev–Trinajstić information content (AvgIpc) is 2.29. The van der Waals surface area contributed by atoms with Crippen LogP contribution >= 0.6 is 12.4 Å². The van der Waals surface area contributed by atoms with Crippen LogP contribution in [-0.4, -0.2) is 17.9 Å². The number of benzene rings is 1.